The maximum Gasteiger partial charge on any atom is 0.216 e. The molecule has 1 heterocycles. The first-order chi connectivity index (χ1) is 10.2. The average molecular weight is 325 g/mol. The van der Waals surface area contributed by atoms with Crippen LogP contribution in [0.25, 0.3) is 0 Å². The van der Waals surface area contributed by atoms with Crippen molar-refractivity contribution in [1.82, 2.24) is 9.21 Å². The molecule has 124 valence electrons. The molecular formula is C16H27N3O2S. The number of hydrogen-bond acceptors (Lipinski definition) is 4. The maximum absolute atomic E-state index is 12.3. The van der Waals surface area contributed by atoms with Crippen LogP contribution in [0.5, 0.6) is 0 Å². The third kappa shape index (κ3) is 3.62. The van der Waals surface area contributed by atoms with Gasteiger partial charge in [-0.25, -0.2) is 8.42 Å². The molecule has 0 aromatic heterocycles. The summed E-state index contributed by atoms with van der Waals surface area (Å²) >= 11 is 0. The Morgan fingerprint density at radius 3 is 2.55 bits per heavy atom. The predicted molar refractivity (Wildman–Crippen MR) is 91.1 cm³/mol. The fourth-order valence-corrected chi connectivity index (χ4v) is 4.20. The number of nitrogen functional groups attached to an aromatic ring is 1. The van der Waals surface area contributed by atoms with Crippen molar-refractivity contribution in [2.24, 2.45) is 0 Å². The highest BCUT2D eigenvalue weighted by Gasteiger charge is 2.32. The number of nitrogens with two attached hydrogens (primary N) is 1. The molecular weight excluding hydrogens is 298 g/mol. The molecule has 5 nitrogen and oxygen atoms in total. The summed E-state index contributed by atoms with van der Waals surface area (Å²) in [5.41, 5.74) is 9.01. The van der Waals surface area contributed by atoms with E-state index in [1.165, 1.54) is 11.1 Å². The molecule has 1 saturated heterocycles. The van der Waals surface area contributed by atoms with Crippen LogP contribution < -0.4 is 5.73 Å². The number of anilines is 1. The zero-order chi connectivity index (χ0) is 16.5. The minimum Gasteiger partial charge on any atom is -0.399 e. The number of piperazine rings is 1. The van der Waals surface area contributed by atoms with Crippen LogP contribution in [0.3, 0.4) is 0 Å². The van der Waals surface area contributed by atoms with Gasteiger partial charge in [0.25, 0.3) is 0 Å². The summed E-state index contributed by atoms with van der Waals surface area (Å²) in [6, 6.07) is 6.18. The van der Waals surface area contributed by atoms with E-state index in [1.807, 2.05) is 12.1 Å². The molecule has 6 heteroatoms. The molecule has 0 unspecified atom stereocenters. The van der Waals surface area contributed by atoms with Crippen molar-refractivity contribution in [3.63, 3.8) is 0 Å². The van der Waals surface area contributed by atoms with E-state index < -0.39 is 10.0 Å². The van der Waals surface area contributed by atoms with Crippen LogP contribution in [0.15, 0.2) is 18.2 Å². The van der Waals surface area contributed by atoms with E-state index >= 15 is 0 Å². The third-order valence-electron chi connectivity index (χ3n) is 4.42. The Kier molecular flexibility index (Phi) is 5.14. The number of nitrogens with zero attached hydrogens (tertiary/aromatic N) is 2. The molecule has 0 amide bonds. The fraction of sp³-hybridized carbons (Fsp3) is 0.625. The van der Waals surface area contributed by atoms with Crippen LogP contribution in [-0.4, -0.2) is 48.5 Å². The van der Waals surface area contributed by atoms with Crippen molar-refractivity contribution in [2.45, 2.75) is 45.5 Å². The molecule has 1 aromatic carbocycles. The van der Waals surface area contributed by atoms with E-state index in [4.69, 9.17) is 5.73 Å². The van der Waals surface area contributed by atoms with Crippen LogP contribution in [0.1, 0.15) is 31.9 Å². The molecule has 1 aliphatic heterocycles. The second-order valence-corrected chi connectivity index (χ2v) is 8.95. The van der Waals surface area contributed by atoms with Crippen molar-refractivity contribution >= 4 is 15.7 Å². The first kappa shape index (κ1) is 17.2. The lowest BCUT2D eigenvalue weighted by atomic mass is 10.1. The molecule has 1 aromatic rings. The van der Waals surface area contributed by atoms with Gasteiger partial charge in [0.1, 0.15) is 0 Å². The molecule has 0 spiro atoms. The van der Waals surface area contributed by atoms with Gasteiger partial charge in [-0.15, -0.1) is 0 Å². The summed E-state index contributed by atoms with van der Waals surface area (Å²) in [6.45, 7) is 10.4. The Hall–Kier alpha value is -1.11. The molecule has 1 atom stereocenters. The normalized spacial score (nSPS) is 21.4. The molecule has 0 bridgehead atoms. The van der Waals surface area contributed by atoms with Crippen LogP contribution in [0.2, 0.25) is 0 Å². The topological polar surface area (TPSA) is 66.6 Å². The number of benzene rings is 1. The smallest absolute Gasteiger partial charge is 0.216 e. The zero-order valence-electron chi connectivity index (χ0n) is 13.9. The molecule has 1 aliphatic rings. The standard InChI is InChI=1S/C16H27N3O2S/c1-12(2)22(20,21)19-8-7-18(14(4)10-19)11-15-5-6-16(17)9-13(15)3/h5-6,9,12,14H,7-8,10-11,17H2,1-4H3/t14-/m1/s1. The largest absolute Gasteiger partial charge is 0.399 e. The van der Waals surface area contributed by atoms with Crippen LogP contribution in [-0.2, 0) is 16.6 Å². The predicted octanol–water partition coefficient (Wildman–Crippen LogP) is 1.82. The molecule has 0 aliphatic carbocycles. The van der Waals surface area contributed by atoms with Gasteiger partial charge in [0.2, 0.25) is 10.0 Å². The van der Waals surface area contributed by atoms with E-state index in [1.54, 1.807) is 18.2 Å². The van der Waals surface area contributed by atoms with Crippen molar-refractivity contribution < 1.29 is 8.42 Å². The van der Waals surface area contributed by atoms with Crippen LogP contribution in [0, 0.1) is 6.92 Å². The molecule has 22 heavy (non-hydrogen) atoms. The number of rotatable bonds is 4. The van der Waals surface area contributed by atoms with Crippen molar-refractivity contribution in [3.05, 3.63) is 29.3 Å². The van der Waals surface area contributed by atoms with Crippen LogP contribution in [0.4, 0.5) is 5.69 Å². The summed E-state index contributed by atoms with van der Waals surface area (Å²) in [5.74, 6) is 0. The second kappa shape index (κ2) is 6.56. The SMILES string of the molecule is Cc1cc(N)ccc1CN1CCN(S(=O)(=O)C(C)C)C[C@H]1C. The maximum atomic E-state index is 12.3. The quantitative estimate of drug-likeness (QED) is 0.858. The molecule has 1 fully saturated rings. The van der Waals surface area contributed by atoms with E-state index in [9.17, 15) is 8.42 Å². The van der Waals surface area contributed by atoms with E-state index in [-0.39, 0.29) is 11.3 Å². The van der Waals surface area contributed by atoms with Gasteiger partial charge in [0.15, 0.2) is 0 Å². The summed E-state index contributed by atoms with van der Waals surface area (Å²) in [7, 11) is -3.15. The molecule has 0 radical (unpaired) electrons. The van der Waals surface area contributed by atoms with E-state index in [0.29, 0.717) is 13.1 Å². The van der Waals surface area contributed by atoms with Crippen LogP contribution >= 0.6 is 0 Å². The minimum atomic E-state index is -3.15. The lowest BCUT2D eigenvalue weighted by Gasteiger charge is -2.40. The zero-order valence-corrected chi connectivity index (χ0v) is 14.7. The van der Waals surface area contributed by atoms with Gasteiger partial charge in [-0.3, -0.25) is 4.90 Å². The van der Waals surface area contributed by atoms with Gasteiger partial charge in [-0.2, -0.15) is 4.31 Å². The van der Waals surface area contributed by atoms with Gasteiger partial charge in [-0.05, 0) is 51.0 Å². The third-order valence-corrected chi connectivity index (χ3v) is 6.67. The number of aryl methyl sites for hydroxylation is 1. The molecule has 0 saturated carbocycles. The Morgan fingerprint density at radius 2 is 2.00 bits per heavy atom. The lowest BCUT2D eigenvalue weighted by molar-refractivity contribution is 0.121. The fourth-order valence-electron chi connectivity index (χ4n) is 2.84. The average Bonchev–Trinajstić information content (AvgIpc) is 2.43. The summed E-state index contributed by atoms with van der Waals surface area (Å²) in [4.78, 5) is 2.34. The first-order valence-electron chi connectivity index (χ1n) is 7.80. The van der Waals surface area contributed by atoms with Crippen molar-refractivity contribution in [3.8, 4) is 0 Å². The Morgan fingerprint density at radius 1 is 1.32 bits per heavy atom. The Bertz CT molecular complexity index is 628. The van der Waals surface area contributed by atoms with Gasteiger partial charge in [-0.1, -0.05) is 6.07 Å². The number of hydrogen-bond donors (Lipinski definition) is 1. The summed E-state index contributed by atoms with van der Waals surface area (Å²) in [5, 5.41) is -0.356. The Labute approximate surface area is 134 Å². The van der Waals surface area contributed by atoms with Gasteiger partial charge < -0.3 is 5.73 Å². The molecule has 2 N–H and O–H groups in total. The van der Waals surface area contributed by atoms with Gasteiger partial charge >= 0.3 is 0 Å². The van der Waals surface area contributed by atoms with Crippen molar-refractivity contribution in [2.75, 3.05) is 25.4 Å². The highest BCUT2D eigenvalue weighted by atomic mass is 32.2. The number of sulfonamides is 1. The Balaban J connectivity index is 2.05. The monoisotopic (exact) mass is 325 g/mol. The summed E-state index contributed by atoms with van der Waals surface area (Å²) in [6.07, 6.45) is 0. The highest BCUT2D eigenvalue weighted by molar-refractivity contribution is 7.89. The first-order valence-corrected chi connectivity index (χ1v) is 9.30. The molecule has 2 rings (SSSR count). The second-order valence-electron chi connectivity index (χ2n) is 6.46. The van der Waals surface area contributed by atoms with E-state index in [0.717, 1.165) is 18.8 Å². The minimum absolute atomic E-state index is 0.208. The lowest BCUT2D eigenvalue weighted by Crippen LogP contribution is -2.54. The summed E-state index contributed by atoms with van der Waals surface area (Å²) < 4.78 is 26.2. The van der Waals surface area contributed by atoms with Crippen molar-refractivity contribution in [1.29, 1.82) is 0 Å². The van der Waals surface area contributed by atoms with E-state index in [2.05, 4.69) is 24.8 Å². The highest BCUT2D eigenvalue weighted by Crippen LogP contribution is 2.20. The van der Waals surface area contributed by atoms with Gasteiger partial charge in [0.05, 0.1) is 5.25 Å². The van der Waals surface area contributed by atoms with Gasteiger partial charge in [0, 0.05) is 37.9 Å².